The second kappa shape index (κ2) is 10.1. The van der Waals surface area contributed by atoms with Crippen molar-refractivity contribution in [1.82, 2.24) is 9.88 Å². The Balaban J connectivity index is 1.85. The first kappa shape index (κ1) is 22.3. The Labute approximate surface area is 175 Å². The molecule has 1 aromatic rings. The number of nitrogens with one attached hydrogen (secondary N) is 1. The molecule has 164 valence electrons. The van der Waals surface area contributed by atoms with Crippen molar-refractivity contribution in [2.75, 3.05) is 25.1 Å². The lowest BCUT2D eigenvalue weighted by atomic mass is 9.96. The normalized spacial score (nSPS) is 21.7. The highest BCUT2D eigenvalue weighted by molar-refractivity contribution is 5.93. The van der Waals surface area contributed by atoms with Crippen molar-refractivity contribution in [3.63, 3.8) is 0 Å². The standard InChI is InChI=1S/C22H29F3N4O/c1-3-21(29-12-4-5-16(29)2)28-19(7-6-17-9-13-30-14-10-17)27-20-15-18(8-11-26-20)22(23,24)25/h3,7-8,11,15-17H,1,4-6,9-10,12-14H2,2H3,(H,26,27)/b19-7-,28-21+/t16-/m1/s1. The van der Waals surface area contributed by atoms with Gasteiger partial charge in [-0.05, 0) is 69.2 Å². The number of aromatic nitrogens is 1. The van der Waals surface area contributed by atoms with E-state index < -0.39 is 11.7 Å². The van der Waals surface area contributed by atoms with E-state index in [1.54, 1.807) is 6.08 Å². The van der Waals surface area contributed by atoms with Gasteiger partial charge in [0.25, 0.3) is 0 Å². The number of amidine groups is 1. The summed E-state index contributed by atoms with van der Waals surface area (Å²) < 4.78 is 44.6. The van der Waals surface area contributed by atoms with Crippen LogP contribution < -0.4 is 5.32 Å². The van der Waals surface area contributed by atoms with Crippen molar-refractivity contribution in [3.05, 3.63) is 48.4 Å². The molecule has 0 amide bonds. The van der Waals surface area contributed by atoms with E-state index in [-0.39, 0.29) is 5.82 Å². The lowest BCUT2D eigenvalue weighted by Gasteiger charge is -2.24. The molecule has 8 heteroatoms. The number of halogens is 3. The number of nitrogens with zero attached hydrogens (tertiary/aromatic N) is 3. The topological polar surface area (TPSA) is 49.8 Å². The van der Waals surface area contributed by atoms with Gasteiger partial charge in [0.05, 0.1) is 5.56 Å². The minimum absolute atomic E-state index is 0.115. The number of hydrogen-bond donors (Lipinski definition) is 1. The summed E-state index contributed by atoms with van der Waals surface area (Å²) in [6.45, 7) is 8.39. The lowest BCUT2D eigenvalue weighted by Crippen LogP contribution is -2.32. The van der Waals surface area contributed by atoms with Crippen molar-refractivity contribution < 1.29 is 17.9 Å². The molecule has 0 aromatic carbocycles. The fourth-order valence-electron chi connectivity index (χ4n) is 3.82. The van der Waals surface area contributed by atoms with E-state index in [0.717, 1.165) is 76.0 Å². The van der Waals surface area contributed by atoms with Gasteiger partial charge < -0.3 is 15.0 Å². The van der Waals surface area contributed by atoms with Gasteiger partial charge in [-0.1, -0.05) is 6.58 Å². The van der Waals surface area contributed by atoms with E-state index in [9.17, 15) is 13.2 Å². The van der Waals surface area contributed by atoms with Gasteiger partial charge in [0.15, 0.2) is 0 Å². The molecule has 0 aliphatic carbocycles. The zero-order valence-corrected chi connectivity index (χ0v) is 17.3. The number of likely N-dealkylation sites (tertiary alicyclic amines) is 1. The quantitative estimate of drug-likeness (QED) is 0.503. The van der Waals surface area contributed by atoms with E-state index in [1.807, 2.05) is 6.08 Å². The highest BCUT2D eigenvalue weighted by Gasteiger charge is 2.31. The van der Waals surface area contributed by atoms with Crippen molar-refractivity contribution in [1.29, 1.82) is 0 Å². The Kier molecular flexibility index (Phi) is 7.53. The number of ether oxygens (including phenoxy) is 1. The molecule has 1 atom stereocenters. The van der Waals surface area contributed by atoms with Gasteiger partial charge in [0, 0.05) is 32.0 Å². The van der Waals surface area contributed by atoms with Crippen LogP contribution in [-0.4, -0.2) is 41.5 Å². The SMILES string of the molecule is C=C/C(=N\C(=C/CC1CCOCC1)Nc1cc(C(F)(F)F)ccn1)N1CCC[C@H]1C. The number of pyridine rings is 1. The van der Waals surface area contributed by atoms with E-state index in [0.29, 0.717) is 17.8 Å². The Bertz CT molecular complexity index is 785. The average molecular weight is 422 g/mol. The summed E-state index contributed by atoms with van der Waals surface area (Å²) in [7, 11) is 0. The molecular weight excluding hydrogens is 393 g/mol. The van der Waals surface area contributed by atoms with Crippen LogP contribution in [0, 0.1) is 5.92 Å². The predicted octanol–water partition coefficient (Wildman–Crippen LogP) is 5.24. The Morgan fingerprint density at radius 3 is 2.77 bits per heavy atom. The van der Waals surface area contributed by atoms with Gasteiger partial charge >= 0.3 is 6.18 Å². The van der Waals surface area contributed by atoms with E-state index in [4.69, 9.17) is 9.73 Å². The van der Waals surface area contributed by atoms with E-state index in [2.05, 4.69) is 28.7 Å². The monoisotopic (exact) mass is 422 g/mol. The second-order valence-corrected chi connectivity index (χ2v) is 7.79. The van der Waals surface area contributed by atoms with E-state index in [1.165, 1.54) is 0 Å². The number of rotatable bonds is 6. The molecule has 0 bridgehead atoms. The first-order valence-corrected chi connectivity index (χ1v) is 10.4. The Morgan fingerprint density at radius 2 is 2.13 bits per heavy atom. The number of aliphatic imine (C=N–C) groups is 1. The molecule has 2 fully saturated rings. The van der Waals surface area contributed by atoms with Crippen molar-refractivity contribution in [2.45, 2.75) is 51.2 Å². The van der Waals surface area contributed by atoms with Crippen LogP contribution in [0.15, 0.2) is 47.9 Å². The summed E-state index contributed by atoms with van der Waals surface area (Å²) in [5, 5.41) is 2.99. The molecule has 2 aliphatic rings. The molecule has 0 saturated carbocycles. The molecule has 3 heterocycles. The molecule has 30 heavy (non-hydrogen) atoms. The van der Waals surface area contributed by atoms with Gasteiger partial charge in [-0.3, -0.25) is 0 Å². The molecular formula is C22H29F3N4O. The molecule has 2 saturated heterocycles. The maximum atomic E-state index is 13.1. The third kappa shape index (κ3) is 6.08. The van der Waals surface area contributed by atoms with Gasteiger partial charge in [-0.15, -0.1) is 0 Å². The summed E-state index contributed by atoms with van der Waals surface area (Å²) in [5.41, 5.74) is -0.745. The van der Waals surface area contributed by atoms with Crippen LogP contribution in [0.3, 0.4) is 0 Å². The summed E-state index contributed by atoms with van der Waals surface area (Å²) >= 11 is 0. The average Bonchev–Trinajstić information content (AvgIpc) is 3.16. The molecule has 0 unspecified atom stereocenters. The van der Waals surface area contributed by atoms with Crippen LogP contribution in [0.1, 0.15) is 44.6 Å². The summed E-state index contributed by atoms with van der Waals surface area (Å²) in [6, 6.07) is 2.32. The van der Waals surface area contributed by atoms with Gasteiger partial charge in [0.2, 0.25) is 0 Å². The van der Waals surface area contributed by atoms with Crippen molar-refractivity contribution >= 4 is 11.7 Å². The smallest absolute Gasteiger partial charge is 0.381 e. The molecule has 1 N–H and O–H groups in total. The fourth-order valence-corrected chi connectivity index (χ4v) is 3.82. The first-order valence-electron chi connectivity index (χ1n) is 10.4. The molecule has 1 aromatic heterocycles. The minimum atomic E-state index is -4.42. The maximum absolute atomic E-state index is 13.1. The number of alkyl halides is 3. The van der Waals surface area contributed by atoms with Crippen LogP contribution in [0.4, 0.5) is 19.0 Å². The predicted molar refractivity (Wildman–Crippen MR) is 112 cm³/mol. The highest BCUT2D eigenvalue weighted by atomic mass is 19.4. The van der Waals surface area contributed by atoms with Gasteiger partial charge in [-0.25, -0.2) is 9.98 Å². The minimum Gasteiger partial charge on any atom is -0.381 e. The third-order valence-corrected chi connectivity index (χ3v) is 5.59. The van der Waals surface area contributed by atoms with Crippen LogP contribution in [0.2, 0.25) is 0 Å². The Hall–Kier alpha value is -2.35. The zero-order valence-electron chi connectivity index (χ0n) is 17.3. The largest absolute Gasteiger partial charge is 0.416 e. The zero-order chi connectivity index (χ0) is 21.6. The third-order valence-electron chi connectivity index (χ3n) is 5.59. The number of allylic oxidation sites excluding steroid dienone is 1. The highest BCUT2D eigenvalue weighted by Crippen LogP contribution is 2.30. The van der Waals surface area contributed by atoms with Crippen LogP contribution in [-0.2, 0) is 10.9 Å². The summed E-state index contributed by atoms with van der Waals surface area (Å²) in [6.07, 6.45) is 5.24. The van der Waals surface area contributed by atoms with Gasteiger partial charge in [0.1, 0.15) is 17.5 Å². The first-order chi connectivity index (χ1) is 14.4. The van der Waals surface area contributed by atoms with Gasteiger partial charge in [-0.2, -0.15) is 13.2 Å². The molecule has 3 rings (SSSR count). The van der Waals surface area contributed by atoms with Crippen molar-refractivity contribution in [3.8, 4) is 0 Å². The molecule has 0 spiro atoms. The maximum Gasteiger partial charge on any atom is 0.416 e. The fraction of sp³-hybridized carbons (Fsp3) is 0.545. The molecule has 5 nitrogen and oxygen atoms in total. The van der Waals surface area contributed by atoms with Crippen molar-refractivity contribution in [2.24, 2.45) is 10.9 Å². The van der Waals surface area contributed by atoms with E-state index >= 15 is 0 Å². The number of hydrogen-bond acceptors (Lipinski definition) is 4. The Morgan fingerprint density at radius 1 is 1.37 bits per heavy atom. The molecule has 2 aliphatic heterocycles. The molecule has 0 radical (unpaired) electrons. The van der Waals surface area contributed by atoms with Crippen LogP contribution in [0.25, 0.3) is 0 Å². The summed E-state index contributed by atoms with van der Waals surface area (Å²) in [5.74, 6) is 1.79. The second-order valence-electron chi connectivity index (χ2n) is 7.79. The lowest BCUT2D eigenvalue weighted by molar-refractivity contribution is -0.137. The summed E-state index contributed by atoms with van der Waals surface area (Å²) in [4.78, 5) is 11.0. The van der Waals surface area contributed by atoms with Crippen LogP contribution >= 0.6 is 0 Å². The number of anilines is 1. The van der Waals surface area contributed by atoms with Crippen LogP contribution in [0.5, 0.6) is 0 Å².